The Morgan fingerprint density at radius 3 is 2.67 bits per heavy atom. The van der Waals surface area contributed by atoms with Crippen molar-refractivity contribution in [2.75, 3.05) is 0 Å². The number of aliphatic carboxylic acids is 1. The smallest absolute Gasteiger partial charge is 0.307 e. The van der Waals surface area contributed by atoms with Gasteiger partial charge in [-0.1, -0.05) is 0 Å². The second kappa shape index (κ2) is 4.61. The molecule has 0 aliphatic rings. The van der Waals surface area contributed by atoms with Gasteiger partial charge in [0.05, 0.1) is 12.0 Å². The van der Waals surface area contributed by atoms with Crippen LogP contribution in [-0.4, -0.2) is 16.1 Å². The summed E-state index contributed by atoms with van der Waals surface area (Å²) in [5, 5.41) is 8.40. The van der Waals surface area contributed by atoms with Crippen LogP contribution in [0, 0.1) is 5.82 Å². The van der Waals surface area contributed by atoms with Crippen LogP contribution in [0.5, 0.6) is 0 Å². The number of rotatable bonds is 3. The van der Waals surface area contributed by atoms with E-state index in [4.69, 9.17) is 5.11 Å². The molecule has 0 amide bonds. The summed E-state index contributed by atoms with van der Waals surface area (Å²) in [5.74, 6) is -2.53. The topological polar surface area (TPSA) is 50.2 Å². The fourth-order valence-electron chi connectivity index (χ4n) is 0.996. The minimum absolute atomic E-state index is 0.316. The van der Waals surface area contributed by atoms with E-state index < -0.39 is 30.2 Å². The molecular formula is C8H5BrF3NO2. The van der Waals surface area contributed by atoms with E-state index in [1.807, 2.05) is 0 Å². The van der Waals surface area contributed by atoms with Crippen molar-refractivity contribution in [2.45, 2.75) is 12.8 Å². The first-order chi connectivity index (χ1) is 6.93. The standard InChI is InChI=1S/C8H5BrF3NO2/c9-7-5(8(11)12)6(10)3(2-13-7)1-4(14)15/h2,8H,1H2,(H,14,15). The molecule has 0 aliphatic heterocycles. The van der Waals surface area contributed by atoms with Gasteiger partial charge in [0.2, 0.25) is 0 Å². The van der Waals surface area contributed by atoms with E-state index in [-0.39, 0.29) is 10.2 Å². The lowest BCUT2D eigenvalue weighted by Crippen LogP contribution is -2.06. The molecule has 7 heteroatoms. The predicted molar refractivity (Wildman–Crippen MR) is 48.2 cm³/mol. The highest BCUT2D eigenvalue weighted by atomic mass is 79.9. The molecule has 15 heavy (non-hydrogen) atoms. The zero-order valence-corrected chi connectivity index (χ0v) is 8.76. The minimum atomic E-state index is -3.04. The van der Waals surface area contributed by atoms with Crippen LogP contribution < -0.4 is 0 Å². The van der Waals surface area contributed by atoms with Gasteiger partial charge < -0.3 is 5.11 Å². The highest BCUT2D eigenvalue weighted by molar-refractivity contribution is 9.10. The van der Waals surface area contributed by atoms with Crippen molar-refractivity contribution < 1.29 is 23.1 Å². The summed E-state index contributed by atoms with van der Waals surface area (Å²) in [6.07, 6.45) is -2.80. The van der Waals surface area contributed by atoms with Crippen LogP contribution in [0.25, 0.3) is 0 Å². The molecule has 3 nitrogen and oxygen atoms in total. The molecule has 0 atom stereocenters. The van der Waals surface area contributed by atoms with E-state index in [9.17, 15) is 18.0 Å². The van der Waals surface area contributed by atoms with Crippen molar-refractivity contribution in [1.82, 2.24) is 4.98 Å². The number of carboxylic acid groups (broad SMARTS) is 1. The molecule has 0 unspecified atom stereocenters. The molecular weight excluding hydrogens is 279 g/mol. The highest BCUT2D eigenvalue weighted by Crippen LogP contribution is 2.29. The molecule has 0 radical (unpaired) electrons. The Labute approximate surface area is 91.1 Å². The number of carbonyl (C=O) groups is 1. The molecule has 1 aromatic rings. The van der Waals surface area contributed by atoms with Crippen molar-refractivity contribution >= 4 is 21.9 Å². The number of pyridine rings is 1. The second-order valence-electron chi connectivity index (χ2n) is 2.67. The van der Waals surface area contributed by atoms with E-state index in [0.717, 1.165) is 6.20 Å². The first-order valence-electron chi connectivity index (χ1n) is 3.76. The Balaban J connectivity index is 3.22. The zero-order chi connectivity index (χ0) is 11.6. The van der Waals surface area contributed by atoms with Gasteiger partial charge in [0.1, 0.15) is 10.4 Å². The summed E-state index contributed by atoms with van der Waals surface area (Å²) < 4.78 is 37.7. The highest BCUT2D eigenvalue weighted by Gasteiger charge is 2.22. The van der Waals surface area contributed by atoms with Crippen molar-refractivity contribution in [3.63, 3.8) is 0 Å². The van der Waals surface area contributed by atoms with Gasteiger partial charge in [-0.2, -0.15) is 0 Å². The first kappa shape index (κ1) is 12.0. The van der Waals surface area contributed by atoms with E-state index in [1.165, 1.54) is 0 Å². The third kappa shape index (κ3) is 2.68. The third-order valence-electron chi connectivity index (χ3n) is 1.63. The van der Waals surface area contributed by atoms with Gasteiger partial charge >= 0.3 is 5.97 Å². The SMILES string of the molecule is O=C(O)Cc1cnc(Br)c(C(F)F)c1F. The first-order valence-corrected chi connectivity index (χ1v) is 4.55. The van der Waals surface area contributed by atoms with Gasteiger partial charge in [-0.15, -0.1) is 0 Å². The quantitative estimate of drug-likeness (QED) is 0.868. The normalized spacial score (nSPS) is 10.7. The van der Waals surface area contributed by atoms with Crippen molar-refractivity contribution in [3.8, 4) is 0 Å². The van der Waals surface area contributed by atoms with Gasteiger partial charge in [-0.25, -0.2) is 18.2 Å². The average molecular weight is 284 g/mol. The molecule has 0 saturated carbocycles. The van der Waals surface area contributed by atoms with Crippen LogP contribution in [0.2, 0.25) is 0 Å². The fraction of sp³-hybridized carbons (Fsp3) is 0.250. The fourth-order valence-corrected chi connectivity index (χ4v) is 1.45. The minimum Gasteiger partial charge on any atom is -0.481 e. The summed E-state index contributed by atoms with van der Waals surface area (Å²) in [4.78, 5) is 13.7. The largest absolute Gasteiger partial charge is 0.481 e. The summed E-state index contributed by atoms with van der Waals surface area (Å²) in [5.41, 5.74) is -1.27. The molecule has 1 aromatic heterocycles. The average Bonchev–Trinajstić information content (AvgIpc) is 2.09. The molecule has 0 fully saturated rings. The van der Waals surface area contributed by atoms with Gasteiger partial charge in [-0.3, -0.25) is 4.79 Å². The number of hydrogen-bond donors (Lipinski definition) is 1. The van der Waals surface area contributed by atoms with E-state index in [2.05, 4.69) is 20.9 Å². The Kier molecular flexibility index (Phi) is 3.67. The molecule has 82 valence electrons. The van der Waals surface area contributed by atoms with Gasteiger partial charge in [0, 0.05) is 11.8 Å². The molecule has 0 aliphatic carbocycles. The molecule has 1 rings (SSSR count). The van der Waals surface area contributed by atoms with E-state index in [1.54, 1.807) is 0 Å². The number of nitrogens with zero attached hydrogens (tertiary/aromatic N) is 1. The molecule has 0 spiro atoms. The summed E-state index contributed by atoms with van der Waals surface area (Å²) >= 11 is 2.67. The Morgan fingerprint density at radius 2 is 2.20 bits per heavy atom. The van der Waals surface area contributed by atoms with Gasteiger partial charge in [0.15, 0.2) is 0 Å². The van der Waals surface area contributed by atoms with Crippen LogP contribution in [0.1, 0.15) is 17.6 Å². The van der Waals surface area contributed by atoms with E-state index >= 15 is 0 Å². The lowest BCUT2D eigenvalue weighted by molar-refractivity contribution is -0.136. The monoisotopic (exact) mass is 283 g/mol. The number of hydrogen-bond acceptors (Lipinski definition) is 2. The molecule has 1 heterocycles. The van der Waals surface area contributed by atoms with Crippen LogP contribution in [0.15, 0.2) is 10.8 Å². The number of carboxylic acids is 1. The lowest BCUT2D eigenvalue weighted by Gasteiger charge is -2.07. The maximum atomic E-state index is 13.3. The maximum absolute atomic E-state index is 13.3. The zero-order valence-electron chi connectivity index (χ0n) is 7.18. The number of aromatic nitrogens is 1. The van der Waals surface area contributed by atoms with Crippen molar-refractivity contribution in [1.29, 1.82) is 0 Å². The van der Waals surface area contributed by atoms with Crippen molar-refractivity contribution in [3.05, 3.63) is 27.7 Å². The summed E-state index contributed by atoms with van der Waals surface area (Å²) in [7, 11) is 0. The lowest BCUT2D eigenvalue weighted by atomic mass is 10.1. The molecule has 0 bridgehead atoms. The molecule has 0 aromatic carbocycles. The third-order valence-corrected chi connectivity index (χ3v) is 2.27. The van der Waals surface area contributed by atoms with Gasteiger partial charge in [-0.05, 0) is 15.9 Å². The molecule has 1 N–H and O–H groups in total. The molecule has 0 saturated heterocycles. The Hall–Kier alpha value is -1.11. The number of halogens is 4. The van der Waals surface area contributed by atoms with Gasteiger partial charge in [0.25, 0.3) is 6.43 Å². The van der Waals surface area contributed by atoms with Crippen LogP contribution >= 0.6 is 15.9 Å². The Morgan fingerprint density at radius 1 is 1.60 bits per heavy atom. The Bertz CT molecular complexity index is 398. The van der Waals surface area contributed by atoms with Crippen LogP contribution in [0.4, 0.5) is 13.2 Å². The van der Waals surface area contributed by atoms with Crippen molar-refractivity contribution in [2.24, 2.45) is 0 Å². The summed E-state index contributed by atoms with van der Waals surface area (Å²) in [6, 6.07) is 0. The number of alkyl halides is 2. The predicted octanol–water partition coefficient (Wildman–Crippen LogP) is 2.55. The van der Waals surface area contributed by atoms with Crippen LogP contribution in [0.3, 0.4) is 0 Å². The second-order valence-corrected chi connectivity index (χ2v) is 3.42. The summed E-state index contributed by atoms with van der Waals surface area (Å²) in [6.45, 7) is 0. The van der Waals surface area contributed by atoms with Crippen LogP contribution in [-0.2, 0) is 11.2 Å². The maximum Gasteiger partial charge on any atom is 0.307 e. The van der Waals surface area contributed by atoms with E-state index in [0.29, 0.717) is 0 Å².